The standard InChI is InChI=1S/C29H40BNO6S.C27H30BrN3O4S.C5H5BrN2/c1-26(2,3)35-25(32)29(17-19-31(20-18-29)21-22-11-9-8-10-12-22)38(33,34)24-15-13-23(14-16-24)30-36-27(4,5)28(6,7)37-30;1-26(2,3)35-25(32)27(13-15-31(16-14-27)19-20-7-5-4-6-8-20)36(33,34)22-11-9-21(10-12-22)23-17-30-24(28)18-29-23;1-4-2-8-5(6)3-7-4/h8-16H,17-21H2,1-7H3;4-12,17-18H,13-16,19H2,1-3H3;2-3H,1H3. The average molecular weight is 1290 g/mol. The maximum absolute atomic E-state index is 14.2. The second kappa shape index (κ2) is 25.9. The third kappa shape index (κ3) is 15.5. The van der Waals surface area contributed by atoms with Crippen LogP contribution in [0.3, 0.4) is 0 Å². The van der Waals surface area contributed by atoms with Crippen LogP contribution >= 0.6 is 31.9 Å². The quantitative estimate of drug-likeness (QED) is 0.0827. The van der Waals surface area contributed by atoms with E-state index in [1.165, 1.54) is 12.1 Å². The highest BCUT2D eigenvalue weighted by Crippen LogP contribution is 2.41. The fourth-order valence-electron chi connectivity index (χ4n) is 9.61. The van der Waals surface area contributed by atoms with Gasteiger partial charge in [0.05, 0.1) is 51.0 Å². The lowest BCUT2D eigenvalue weighted by Gasteiger charge is -2.40. The summed E-state index contributed by atoms with van der Waals surface area (Å²) in [5.74, 6) is -1.36. The van der Waals surface area contributed by atoms with Crippen LogP contribution in [0.4, 0.5) is 0 Å². The van der Waals surface area contributed by atoms with Crippen molar-refractivity contribution >= 4 is 76.1 Å². The van der Waals surface area contributed by atoms with Crippen LogP contribution in [0, 0.1) is 6.92 Å². The topological polar surface area (TPSA) is 197 Å². The fourth-order valence-corrected chi connectivity index (χ4v) is 13.9. The molecule has 9 rings (SSSR count). The number of hydrogen-bond donors (Lipinski definition) is 0. The predicted octanol–water partition coefficient (Wildman–Crippen LogP) is 10.7. The van der Waals surface area contributed by atoms with Crippen molar-refractivity contribution in [3.05, 3.63) is 160 Å². The van der Waals surface area contributed by atoms with E-state index < -0.39 is 70.6 Å². The molecule has 2 aromatic heterocycles. The van der Waals surface area contributed by atoms with E-state index in [1.807, 2.05) is 95.3 Å². The van der Waals surface area contributed by atoms with Crippen molar-refractivity contribution in [3.63, 3.8) is 0 Å². The van der Waals surface area contributed by atoms with E-state index in [-0.39, 0.29) is 35.5 Å². The maximum atomic E-state index is 14.2. The lowest BCUT2D eigenvalue weighted by Crippen LogP contribution is -2.56. The smallest absolute Gasteiger partial charge is 0.459 e. The first kappa shape index (κ1) is 64.3. The Morgan fingerprint density at radius 2 is 0.927 bits per heavy atom. The molecule has 0 amide bonds. The molecular weight excluding hydrogens is 1210 g/mol. The van der Waals surface area contributed by atoms with Gasteiger partial charge in [0.25, 0.3) is 0 Å². The number of nitrogens with zero attached hydrogens (tertiary/aromatic N) is 6. The van der Waals surface area contributed by atoms with Crippen molar-refractivity contribution in [3.8, 4) is 11.3 Å². The van der Waals surface area contributed by atoms with Crippen LogP contribution in [0.15, 0.2) is 153 Å². The summed E-state index contributed by atoms with van der Waals surface area (Å²) in [6.07, 6.45) is 7.23. The molecule has 0 aliphatic carbocycles. The second-order valence-electron chi connectivity index (χ2n) is 23.9. The number of esters is 2. The average Bonchev–Trinajstić information content (AvgIpc) is 3.43. The second-order valence-corrected chi connectivity index (χ2v) is 30.1. The van der Waals surface area contributed by atoms with Crippen LogP contribution in [0.1, 0.15) is 112 Å². The lowest BCUT2D eigenvalue weighted by atomic mass is 9.79. The number of ether oxygens (including phenoxy) is 2. The summed E-state index contributed by atoms with van der Waals surface area (Å²) in [7, 11) is -8.70. The molecule has 3 aliphatic rings. The number of sulfone groups is 2. The van der Waals surface area contributed by atoms with Crippen LogP contribution in [-0.2, 0) is 61.1 Å². The Hall–Kier alpha value is -5.26. The third-order valence-electron chi connectivity index (χ3n) is 14.9. The highest BCUT2D eigenvalue weighted by atomic mass is 79.9. The molecule has 5 heterocycles. The molecule has 0 saturated carbocycles. The molecule has 0 N–H and O–H groups in total. The normalized spacial score (nSPS) is 18.0. The van der Waals surface area contributed by atoms with Gasteiger partial charge in [-0.05, 0) is 175 Å². The highest BCUT2D eigenvalue weighted by Gasteiger charge is 2.57. The summed E-state index contributed by atoms with van der Waals surface area (Å²) < 4.78 is 78.1. The maximum Gasteiger partial charge on any atom is 0.494 e. The first-order valence-electron chi connectivity index (χ1n) is 27.3. The first-order valence-corrected chi connectivity index (χ1v) is 31.9. The van der Waals surface area contributed by atoms with E-state index in [0.29, 0.717) is 49.6 Å². The van der Waals surface area contributed by atoms with Gasteiger partial charge in [0.15, 0.2) is 29.2 Å². The summed E-state index contributed by atoms with van der Waals surface area (Å²) in [5, 5.41) is 0. The van der Waals surface area contributed by atoms with Gasteiger partial charge in [-0.25, -0.2) is 26.8 Å². The molecule has 0 radical (unpaired) electrons. The molecule has 4 aromatic carbocycles. The number of aryl methyl sites for hydroxylation is 1. The molecular formula is C61H75BBr2N6O10S2. The van der Waals surface area contributed by atoms with Crippen molar-refractivity contribution in [2.75, 3.05) is 26.2 Å². The summed E-state index contributed by atoms with van der Waals surface area (Å²) >= 11 is 6.43. The number of hydrogen-bond acceptors (Lipinski definition) is 16. The Bertz CT molecular complexity index is 3300. The summed E-state index contributed by atoms with van der Waals surface area (Å²) in [6.45, 7) is 23.6. The van der Waals surface area contributed by atoms with Gasteiger partial charge in [-0.3, -0.25) is 29.4 Å². The molecule has 438 valence electrons. The van der Waals surface area contributed by atoms with Gasteiger partial charge < -0.3 is 18.8 Å². The molecule has 16 nitrogen and oxygen atoms in total. The Labute approximate surface area is 501 Å². The molecule has 3 aliphatic heterocycles. The molecule has 0 spiro atoms. The number of aromatic nitrogens is 4. The highest BCUT2D eigenvalue weighted by molar-refractivity contribution is 9.10. The summed E-state index contributed by atoms with van der Waals surface area (Å²) in [6, 6.07) is 33.1. The van der Waals surface area contributed by atoms with Gasteiger partial charge in [0.2, 0.25) is 0 Å². The van der Waals surface area contributed by atoms with Gasteiger partial charge >= 0.3 is 19.1 Å². The molecule has 6 aromatic rings. The van der Waals surface area contributed by atoms with Gasteiger partial charge in [-0.2, -0.15) is 0 Å². The van der Waals surface area contributed by atoms with E-state index in [4.69, 9.17) is 18.8 Å². The van der Waals surface area contributed by atoms with E-state index >= 15 is 0 Å². The van der Waals surface area contributed by atoms with Crippen molar-refractivity contribution in [2.24, 2.45) is 0 Å². The largest absolute Gasteiger partial charge is 0.494 e. The summed E-state index contributed by atoms with van der Waals surface area (Å²) in [5.41, 5.74) is 2.71. The van der Waals surface area contributed by atoms with Gasteiger partial charge in [-0.1, -0.05) is 84.9 Å². The molecule has 0 unspecified atom stereocenters. The number of carbonyl (C=O) groups is 2. The molecule has 0 atom stereocenters. The minimum absolute atomic E-state index is 0.0960. The number of benzene rings is 4. The molecule has 3 saturated heterocycles. The van der Waals surface area contributed by atoms with Crippen molar-refractivity contribution < 1.29 is 45.2 Å². The zero-order chi connectivity index (χ0) is 59.9. The Kier molecular flexibility index (Phi) is 20.3. The molecule has 3 fully saturated rings. The molecule has 82 heavy (non-hydrogen) atoms. The first-order chi connectivity index (χ1) is 38.4. The van der Waals surface area contributed by atoms with Crippen LogP contribution < -0.4 is 5.46 Å². The lowest BCUT2D eigenvalue weighted by molar-refractivity contribution is -0.160. The number of likely N-dealkylation sites (tertiary alicyclic amines) is 2. The molecule has 0 bridgehead atoms. The van der Waals surface area contributed by atoms with Gasteiger partial charge in [0.1, 0.15) is 20.4 Å². The van der Waals surface area contributed by atoms with E-state index in [1.54, 1.807) is 103 Å². The fraction of sp³-hybridized carbons (Fsp3) is 0.443. The van der Waals surface area contributed by atoms with Crippen LogP contribution in [0.5, 0.6) is 0 Å². The van der Waals surface area contributed by atoms with Crippen LogP contribution in [0.2, 0.25) is 0 Å². The van der Waals surface area contributed by atoms with Crippen molar-refractivity contribution in [2.45, 2.75) is 157 Å². The predicted molar refractivity (Wildman–Crippen MR) is 325 cm³/mol. The van der Waals surface area contributed by atoms with Gasteiger partial charge in [0, 0.05) is 51.0 Å². The van der Waals surface area contributed by atoms with E-state index in [2.05, 4.69) is 61.6 Å². The number of piperidine rings is 2. The van der Waals surface area contributed by atoms with Gasteiger partial charge in [-0.15, -0.1) is 0 Å². The third-order valence-corrected chi connectivity index (χ3v) is 20.8. The van der Waals surface area contributed by atoms with Crippen molar-refractivity contribution in [1.29, 1.82) is 0 Å². The van der Waals surface area contributed by atoms with E-state index in [0.717, 1.165) is 32.5 Å². The van der Waals surface area contributed by atoms with Crippen molar-refractivity contribution in [1.82, 2.24) is 29.7 Å². The number of halogens is 2. The zero-order valence-electron chi connectivity index (χ0n) is 48.7. The Morgan fingerprint density at radius 1 is 0.549 bits per heavy atom. The summed E-state index contributed by atoms with van der Waals surface area (Å²) in [4.78, 5) is 48.0. The van der Waals surface area contributed by atoms with Crippen LogP contribution in [0.25, 0.3) is 11.3 Å². The SMILES string of the molecule is CC(C)(C)OC(=O)C1(S(=O)(=O)c2ccc(-c3cnc(Br)cn3)cc2)CCN(Cc2ccccc2)CC1.CC(C)(C)OC(=O)C1(S(=O)(=O)c2ccc(B3OC(C)(C)C(C)(C)O3)cc2)CCN(Cc2ccccc2)CC1.Cc1cnc(Br)cn1. The number of carbonyl (C=O) groups excluding carboxylic acids is 2. The Morgan fingerprint density at radius 3 is 1.27 bits per heavy atom. The molecule has 21 heteroatoms. The Balaban J connectivity index is 0.000000208. The minimum atomic E-state index is -4.06. The minimum Gasteiger partial charge on any atom is -0.459 e. The monoisotopic (exact) mass is 1280 g/mol. The van der Waals surface area contributed by atoms with Crippen LogP contribution in [-0.4, -0.2) is 124 Å². The zero-order valence-corrected chi connectivity index (χ0v) is 53.5. The van der Waals surface area contributed by atoms with E-state index in [9.17, 15) is 26.4 Å². The number of rotatable bonds is 12.